The number of hydrogen-bond acceptors (Lipinski definition) is 4. The van der Waals surface area contributed by atoms with Crippen molar-refractivity contribution in [2.75, 3.05) is 26.7 Å². The van der Waals surface area contributed by atoms with Crippen molar-refractivity contribution in [1.82, 2.24) is 15.1 Å². The lowest BCUT2D eigenvalue weighted by Gasteiger charge is -2.26. The van der Waals surface area contributed by atoms with Crippen LogP contribution in [0.2, 0.25) is 0 Å². The molecule has 25 heavy (non-hydrogen) atoms. The molecule has 1 aromatic rings. The normalized spacial score (nSPS) is 23.2. The summed E-state index contributed by atoms with van der Waals surface area (Å²) in [5.41, 5.74) is 0.499. The molecule has 6 heteroatoms. The predicted octanol–water partition coefficient (Wildman–Crippen LogP) is 2.03. The number of carbonyl (C=O) groups excluding carboxylic acids is 2. The minimum absolute atomic E-state index is 0.136. The van der Waals surface area contributed by atoms with Crippen molar-refractivity contribution in [2.24, 2.45) is 0 Å². The summed E-state index contributed by atoms with van der Waals surface area (Å²) in [5, 5.41) is 2.74. The van der Waals surface area contributed by atoms with Crippen LogP contribution >= 0.6 is 0 Å². The Morgan fingerprint density at radius 3 is 2.52 bits per heavy atom. The van der Waals surface area contributed by atoms with Gasteiger partial charge in [0.05, 0.1) is 7.11 Å². The lowest BCUT2D eigenvalue weighted by Crippen LogP contribution is -2.43. The third-order valence-corrected chi connectivity index (χ3v) is 5.18. The molecule has 2 aliphatic rings. The molecule has 0 aliphatic carbocycles. The van der Waals surface area contributed by atoms with E-state index in [2.05, 4.69) is 22.3 Å². The van der Waals surface area contributed by atoms with Crippen LogP contribution < -0.4 is 10.1 Å². The summed E-state index contributed by atoms with van der Waals surface area (Å²) >= 11 is 0. The van der Waals surface area contributed by atoms with E-state index in [9.17, 15) is 9.59 Å². The van der Waals surface area contributed by atoms with Crippen LogP contribution in [0.3, 0.4) is 0 Å². The Kier molecular flexibility index (Phi) is 4.99. The van der Waals surface area contributed by atoms with E-state index in [-0.39, 0.29) is 11.9 Å². The first kappa shape index (κ1) is 17.7. The van der Waals surface area contributed by atoms with Gasteiger partial charge in [0.25, 0.3) is 5.91 Å². The maximum Gasteiger partial charge on any atom is 0.325 e. The SMILES string of the molecule is COc1ccc(CC2CCCN2CCN2C(=O)NC(C)(C)C2=O)cc1. The van der Waals surface area contributed by atoms with E-state index < -0.39 is 5.54 Å². The molecule has 0 spiro atoms. The molecule has 0 bridgehead atoms. The van der Waals surface area contributed by atoms with Crippen molar-refractivity contribution >= 4 is 11.9 Å². The van der Waals surface area contributed by atoms with Crippen molar-refractivity contribution < 1.29 is 14.3 Å². The highest BCUT2D eigenvalue weighted by Gasteiger charge is 2.44. The van der Waals surface area contributed by atoms with Gasteiger partial charge >= 0.3 is 6.03 Å². The van der Waals surface area contributed by atoms with Crippen molar-refractivity contribution in [3.8, 4) is 5.75 Å². The maximum atomic E-state index is 12.3. The lowest BCUT2D eigenvalue weighted by molar-refractivity contribution is -0.130. The van der Waals surface area contributed by atoms with E-state index >= 15 is 0 Å². The molecule has 1 atom stereocenters. The number of rotatable bonds is 6. The van der Waals surface area contributed by atoms with Gasteiger partial charge < -0.3 is 10.1 Å². The highest BCUT2D eigenvalue weighted by molar-refractivity contribution is 6.06. The lowest BCUT2D eigenvalue weighted by atomic mass is 10.0. The molecule has 3 rings (SSSR count). The number of likely N-dealkylation sites (tertiary alicyclic amines) is 1. The van der Waals surface area contributed by atoms with E-state index in [1.165, 1.54) is 10.5 Å². The fourth-order valence-corrected chi connectivity index (χ4v) is 3.70. The van der Waals surface area contributed by atoms with Gasteiger partial charge in [-0.1, -0.05) is 12.1 Å². The molecule has 6 nitrogen and oxygen atoms in total. The zero-order chi connectivity index (χ0) is 18.0. The first-order valence-electron chi connectivity index (χ1n) is 8.92. The van der Waals surface area contributed by atoms with Gasteiger partial charge in [-0.25, -0.2) is 4.79 Å². The quantitative estimate of drug-likeness (QED) is 0.802. The average molecular weight is 345 g/mol. The number of amides is 3. The first-order chi connectivity index (χ1) is 11.9. The summed E-state index contributed by atoms with van der Waals surface area (Å²) in [4.78, 5) is 28.0. The van der Waals surface area contributed by atoms with E-state index in [4.69, 9.17) is 4.74 Å². The Hall–Kier alpha value is -2.08. The second-order valence-corrected chi connectivity index (χ2v) is 7.40. The summed E-state index contributed by atoms with van der Waals surface area (Å²) in [6.45, 7) is 5.70. The number of ether oxygens (including phenoxy) is 1. The Morgan fingerprint density at radius 1 is 1.20 bits per heavy atom. The van der Waals surface area contributed by atoms with E-state index in [1.807, 2.05) is 12.1 Å². The fourth-order valence-electron chi connectivity index (χ4n) is 3.70. The van der Waals surface area contributed by atoms with Crippen molar-refractivity contribution in [3.63, 3.8) is 0 Å². The Morgan fingerprint density at radius 2 is 1.92 bits per heavy atom. The van der Waals surface area contributed by atoms with Gasteiger partial charge in [-0.3, -0.25) is 14.6 Å². The summed E-state index contributed by atoms with van der Waals surface area (Å²) in [6, 6.07) is 8.38. The summed E-state index contributed by atoms with van der Waals surface area (Å²) in [7, 11) is 1.67. The smallest absolute Gasteiger partial charge is 0.325 e. The molecule has 1 N–H and O–H groups in total. The van der Waals surface area contributed by atoms with Crippen LogP contribution in [0, 0.1) is 0 Å². The minimum atomic E-state index is -0.787. The minimum Gasteiger partial charge on any atom is -0.497 e. The monoisotopic (exact) mass is 345 g/mol. The number of benzene rings is 1. The number of carbonyl (C=O) groups is 2. The van der Waals surface area contributed by atoms with Crippen molar-refractivity contribution in [1.29, 1.82) is 0 Å². The number of nitrogens with zero attached hydrogens (tertiary/aromatic N) is 2. The van der Waals surface area contributed by atoms with Crippen LogP contribution in [-0.4, -0.2) is 60.1 Å². The molecule has 2 heterocycles. The summed E-state index contributed by atoms with van der Waals surface area (Å²) in [5.74, 6) is 0.733. The standard InChI is InChI=1S/C19H27N3O3/c1-19(2)17(23)22(18(24)20-19)12-11-21-10-4-5-15(21)13-14-6-8-16(25-3)9-7-14/h6-9,15H,4-5,10-13H2,1-3H3,(H,20,24). The van der Waals surface area contributed by atoms with E-state index in [1.54, 1.807) is 21.0 Å². The van der Waals surface area contributed by atoms with Crippen LogP contribution in [0.25, 0.3) is 0 Å². The summed E-state index contributed by atoms with van der Waals surface area (Å²) in [6.07, 6.45) is 3.29. The van der Waals surface area contributed by atoms with Crippen molar-refractivity contribution in [2.45, 2.75) is 44.7 Å². The van der Waals surface area contributed by atoms with Crippen LogP contribution in [0.4, 0.5) is 4.79 Å². The largest absolute Gasteiger partial charge is 0.497 e. The van der Waals surface area contributed by atoms with Gasteiger partial charge in [0.1, 0.15) is 11.3 Å². The molecule has 2 aliphatic heterocycles. The third kappa shape index (κ3) is 3.79. The van der Waals surface area contributed by atoms with E-state index in [0.29, 0.717) is 12.6 Å². The van der Waals surface area contributed by atoms with Crippen LogP contribution in [0.15, 0.2) is 24.3 Å². The molecule has 2 saturated heterocycles. The molecule has 2 fully saturated rings. The van der Waals surface area contributed by atoms with Crippen LogP contribution in [-0.2, 0) is 11.2 Å². The average Bonchev–Trinajstić information content (AvgIpc) is 3.09. The second-order valence-electron chi connectivity index (χ2n) is 7.40. The molecule has 0 radical (unpaired) electrons. The number of hydrogen-bond donors (Lipinski definition) is 1. The number of imide groups is 1. The third-order valence-electron chi connectivity index (χ3n) is 5.18. The highest BCUT2D eigenvalue weighted by Crippen LogP contribution is 2.23. The Balaban J connectivity index is 1.57. The van der Waals surface area contributed by atoms with Gasteiger partial charge in [-0.05, 0) is 57.4 Å². The fraction of sp³-hybridized carbons (Fsp3) is 0.579. The molecule has 0 aromatic heterocycles. The first-order valence-corrected chi connectivity index (χ1v) is 8.92. The number of methoxy groups -OCH3 is 1. The molecule has 136 valence electrons. The topological polar surface area (TPSA) is 61.9 Å². The van der Waals surface area contributed by atoms with Gasteiger partial charge in [0.15, 0.2) is 0 Å². The molecular formula is C19H27N3O3. The molecule has 0 saturated carbocycles. The molecule has 3 amide bonds. The van der Waals surface area contributed by atoms with Crippen LogP contribution in [0.5, 0.6) is 5.75 Å². The Bertz CT molecular complexity index is 642. The van der Waals surface area contributed by atoms with Crippen molar-refractivity contribution in [3.05, 3.63) is 29.8 Å². The van der Waals surface area contributed by atoms with Gasteiger partial charge in [0.2, 0.25) is 0 Å². The van der Waals surface area contributed by atoms with E-state index in [0.717, 1.165) is 38.1 Å². The van der Waals surface area contributed by atoms with Gasteiger partial charge in [-0.2, -0.15) is 0 Å². The number of nitrogens with one attached hydrogen (secondary N) is 1. The molecule has 1 aromatic carbocycles. The van der Waals surface area contributed by atoms with Crippen LogP contribution in [0.1, 0.15) is 32.3 Å². The molecular weight excluding hydrogens is 318 g/mol. The predicted molar refractivity (Wildman–Crippen MR) is 95.6 cm³/mol. The zero-order valence-electron chi connectivity index (χ0n) is 15.2. The maximum absolute atomic E-state index is 12.3. The van der Waals surface area contributed by atoms with Gasteiger partial charge in [0, 0.05) is 19.1 Å². The molecule has 1 unspecified atom stereocenters. The highest BCUT2D eigenvalue weighted by atomic mass is 16.5. The second kappa shape index (κ2) is 7.04. The Labute approximate surface area is 149 Å². The summed E-state index contributed by atoms with van der Waals surface area (Å²) < 4.78 is 5.21. The number of urea groups is 1. The zero-order valence-corrected chi connectivity index (χ0v) is 15.2. The van der Waals surface area contributed by atoms with Gasteiger partial charge in [-0.15, -0.1) is 0 Å².